The van der Waals surface area contributed by atoms with Crippen LogP contribution < -0.4 is 0 Å². The minimum atomic E-state index is 0.0283. The molecule has 1 fully saturated rings. The van der Waals surface area contributed by atoms with Crippen molar-refractivity contribution in [3.8, 4) is 0 Å². The quantitative estimate of drug-likeness (QED) is 0.773. The first-order chi connectivity index (χ1) is 13.7. The first-order valence-electron chi connectivity index (χ1n) is 9.95. The standard InChI is InChI=1S/C22H27ClN2O2S/c23-18-5-6-22-19(16-18)20(15-17-3-1-2-4-21(17)28-22)27-14-12-25-9-7-24(8-10-25)11-13-26/h1-6,16,20,26H,7-15H2. The van der Waals surface area contributed by atoms with Crippen LogP contribution in [0.5, 0.6) is 0 Å². The number of aliphatic hydroxyl groups excluding tert-OH is 1. The maximum atomic E-state index is 9.08. The van der Waals surface area contributed by atoms with Crippen LogP contribution in [0.4, 0.5) is 0 Å². The predicted octanol–water partition coefficient (Wildman–Crippen LogP) is 3.71. The van der Waals surface area contributed by atoms with E-state index in [-0.39, 0.29) is 12.7 Å². The van der Waals surface area contributed by atoms with Crippen LogP contribution in [-0.2, 0) is 11.2 Å². The van der Waals surface area contributed by atoms with Gasteiger partial charge in [0.25, 0.3) is 0 Å². The number of ether oxygens (including phenoxy) is 1. The van der Waals surface area contributed by atoms with Crippen LogP contribution in [0, 0.1) is 0 Å². The molecule has 1 saturated heterocycles. The highest BCUT2D eigenvalue weighted by atomic mass is 35.5. The third kappa shape index (κ3) is 4.90. The van der Waals surface area contributed by atoms with Crippen LogP contribution in [0.25, 0.3) is 0 Å². The third-order valence-corrected chi connectivity index (χ3v) is 6.97. The van der Waals surface area contributed by atoms with Crippen molar-refractivity contribution in [3.63, 3.8) is 0 Å². The molecule has 0 spiro atoms. The second kappa shape index (κ2) is 9.61. The molecule has 1 N–H and O–H groups in total. The summed E-state index contributed by atoms with van der Waals surface area (Å²) in [6, 6.07) is 14.7. The van der Waals surface area contributed by atoms with Crippen molar-refractivity contribution < 1.29 is 9.84 Å². The van der Waals surface area contributed by atoms with E-state index in [2.05, 4.69) is 46.2 Å². The Balaban J connectivity index is 1.40. The van der Waals surface area contributed by atoms with Gasteiger partial charge in [-0.3, -0.25) is 9.80 Å². The average Bonchev–Trinajstić information content (AvgIpc) is 2.86. The van der Waals surface area contributed by atoms with Crippen molar-refractivity contribution in [2.75, 3.05) is 52.5 Å². The molecule has 6 heteroatoms. The molecule has 4 rings (SSSR count). The molecule has 0 saturated carbocycles. The summed E-state index contributed by atoms with van der Waals surface area (Å²) < 4.78 is 6.41. The number of halogens is 1. The zero-order valence-corrected chi connectivity index (χ0v) is 17.6. The van der Waals surface area contributed by atoms with E-state index in [1.54, 1.807) is 0 Å². The Morgan fingerprint density at radius 3 is 2.54 bits per heavy atom. The number of piperazine rings is 1. The summed E-state index contributed by atoms with van der Waals surface area (Å²) in [6.45, 7) is 6.79. The number of rotatable bonds is 6. The van der Waals surface area contributed by atoms with Crippen molar-refractivity contribution in [1.82, 2.24) is 9.80 Å². The smallest absolute Gasteiger partial charge is 0.0877 e. The first kappa shape index (κ1) is 20.2. The van der Waals surface area contributed by atoms with Gasteiger partial charge in [0.05, 0.1) is 19.3 Å². The molecule has 0 amide bonds. The minimum Gasteiger partial charge on any atom is -0.395 e. The summed E-state index contributed by atoms with van der Waals surface area (Å²) in [4.78, 5) is 7.30. The molecular formula is C22H27ClN2O2S. The van der Waals surface area contributed by atoms with Crippen LogP contribution in [0.1, 0.15) is 17.2 Å². The summed E-state index contributed by atoms with van der Waals surface area (Å²) >= 11 is 8.11. The van der Waals surface area contributed by atoms with Crippen LogP contribution >= 0.6 is 23.4 Å². The van der Waals surface area contributed by atoms with E-state index in [4.69, 9.17) is 21.4 Å². The highest BCUT2D eigenvalue weighted by molar-refractivity contribution is 7.99. The van der Waals surface area contributed by atoms with Gasteiger partial charge in [-0.05, 0) is 35.4 Å². The fraction of sp³-hybridized carbons (Fsp3) is 0.455. The van der Waals surface area contributed by atoms with Gasteiger partial charge in [0.2, 0.25) is 0 Å². The molecule has 4 nitrogen and oxygen atoms in total. The van der Waals surface area contributed by atoms with E-state index in [0.29, 0.717) is 6.61 Å². The lowest BCUT2D eigenvalue weighted by molar-refractivity contribution is 0.0241. The second-order valence-corrected chi connectivity index (χ2v) is 8.88. The van der Waals surface area contributed by atoms with E-state index in [1.165, 1.54) is 20.9 Å². The van der Waals surface area contributed by atoms with Gasteiger partial charge < -0.3 is 9.84 Å². The predicted molar refractivity (Wildman–Crippen MR) is 114 cm³/mol. The van der Waals surface area contributed by atoms with Crippen LogP contribution in [0.15, 0.2) is 52.3 Å². The SMILES string of the molecule is OCCN1CCN(CCOC2Cc3ccccc3Sc3ccc(Cl)cc32)CC1. The summed E-state index contributed by atoms with van der Waals surface area (Å²) in [5, 5.41) is 9.84. The summed E-state index contributed by atoms with van der Waals surface area (Å²) in [7, 11) is 0. The Hall–Kier alpha value is -1.08. The Morgan fingerprint density at radius 1 is 1.00 bits per heavy atom. The molecule has 0 aromatic heterocycles. The molecule has 0 aliphatic carbocycles. The van der Waals surface area contributed by atoms with Crippen molar-refractivity contribution in [2.24, 2.45) is 0 Å². The van der Waals surface area contributed by atoms with Crippen molar-refractivity contribution in [2.45, 2.75) is 22.3 Å². The molecular weight excluding hydrogens is 392 g/mol. The first-order valence-corrected chi connectivity index (χ1v) is 11.1. The Labute approximate surface area is 176 Å². The number of aliphatic hydroxyl groups is 1. The Kier molecular flexibility index (Phi) is 6.94. The lowest BCUT2D eigenvalue weighted by Crippen LogP contribution is -2.48. The molecule has 150 valence electrons. The largest absolute Gasteiger partial charge is 0.395 e. The fourth-order valence-corrected chi connectivity index (χ4v) is 5.21. The van der Waals surface area contributed by atoms with Gasteiger partial charge in [0, 0.05) is 60.5 Å². The van der Waals surface area contributed by atoms with Gasteiger partial charge >= 0.3 is 0 Å². The zero-order valence-electron chi connectivity index (χ0n) is 16.0. The Morgan fingerprint density at radius 2 is 1.75 bits per heavy atom. The summed E-state index contributed by atoms with van der Waals surface area (Å²) in [5.74, 6) is 0. The average molecular weight is 419 g/mol. The third-order valence-electron chi connectivity index (χ3n) is 5.52. The molecule has 28 heavy (non-hydrogen) atoms. The van der Waals surface area contributed by atoms with Crippen LogP contribution in [0.3, 0.4) is 0 Å². The highest BCUT2D eigenvalue weighted by Crippen LogP contribution is 2.42. The topological polar surface area (TPSA) is 35.9 Å². The molecule has 1 atom stereocenters. The molecule has 2 aromatic carbocycles. The van der Waals surface area contributed by atoms with Gasteiger partial charge in [-0.1, -0.05) is 41.6 Å². The second-order valence-electron chi connectivity index (χ2n) is 7.36. The van der Waals surface area contributed by atoms with Crippen LogP contribution in [-0.4, -0.2) is 67.4 Å². The van der Waals surface area contributed by atoms with Crippen LogP contribution in [0.2, 0.25) is 5.02 Å². The molecule has 1 unspecified atom stereocenters. The number of nitrogens with zero attached hydrogens (tertiary/aromatic N) is 2. The monoisotopic (exact) mass is 418 g/mol. The number of benzene rings is 2. The van der Waals surface area contributed by atoms with Crippen molar-refractivity contribution in [1.29, 1.82) is 0 Å². The molecule has 0 bridgehead atoms. The molecule has 2 heterocycles. The van der Waals surface area contributed by atoms with Crippen molar-refractivity contribution in [3.05, 3.63) is 58.6 Å². The van der Waals surface area contributed by atoms with E-state index < -0.39 is 0 Å². The van der Waals surface area contributed by atoms with E-state index in [1.807, 2.05) is 17.8 Å². The minimum absolute atomic E-state index is 0.0283. The lowest BCUT2D eigenvalue weighted by atomic mass is 10.0. The highest BCUT2D eigenvalue weighted by Gasteiger charge is 2.24. The van der Waals surface area contributed by atoms with E-state index >= 15 is 0 Å². The number of β-amino-alcohol motifs (C(OH)–C–C–N with tert-alkyl or cyclic N) is 1. The summed E-state index contributed by atoms with van der Waals surface area (Å²) in [5.41, 5.74) is 2.53. The number of hydrogen-bond donors (Lipinski definition) is 1. The van der Waals surface area contributed by atoms with Crippen molar-refractivity contribution >= 4 is 23.4 Å². The molecule has 2 aromatic rings. The maximum Gasteiger partial charge on any atom is 0.0877 e. The van der Waals surface area contributed by atoms with Gasteiger partial charge in [-0.15, -0.1) is 0 Å². The number of fused-ring (bicyclic) bond motifs is 2. The lowest BCUT2D eigenvalue weighted by Gasteiger charge is -2.34. The zero-order chi connectivity index (χ0) is 19.3. The molecule has 2 aliphatic rings. The molecule has 2 aliphatic heterocycles. The van der Waals surface area contributed by atoms with Gasteiger partial charge in [0.15, 0.2) is 0 Å². The summed E-state index contributed by atoms with van der Waals surface area (Å²) in [6.07, 6.45) is 0.904. The normalized spacial score (nSPS) is 20.4. The van der Waals surface area contributed by atoms with Gasteiger partial charge in [0.1, 0.15) is 0 Å². The Bertz CT molecular complexity index is 796. The van der Waals surface area contributed by atoms with E-state index in [9.17, 15) is 0 Å². The fourth-order valence-electron chi connectivity index (χ4n) is 3.91. The van der Waals surface area contributed by atoms with Gasteiger partial charge in [-0.25, -0.2) is 0 Å². The molecule has 0 radical (unpaired) electrons. The maximum absolute atomic E-state index is 9.08. The van der Waals surface area contributed by atoms with E-state index in [0.717, 1.165) is 50.7 Å². The van der Waals surface area contributed by atoms with Gasteiger partial charge in [-0.2, -0.15) is 0 Å². The number of hydrogen-bond acceptors (Lipinski definition) is 5.